The normalized spacial score (nSPS) is 11.3. The van der Waals surface area contributed by atoms with Crippen molar-refractivity contribution in [3.05, 3.63) is 89.5 Å². The summed E-state index contributed by atoms with van der Waals surface area (Å²) in [6.45, 7) is 0.104. The molecule has 0 saturated carbocycles. The van der Waals surface area contributed by atoms with Crippen LogP contribution in [0.1, 0.15) is 27.5 Å². The summed E-state index contributed by atoms with van der Waals surface area (Å²) in [7, 11) is 5.98. The lowest BCUT2D eigenvalue weighted by Gasteiger charge is -2.31. The third kappa shape index (κ3) is 5.44. The number of benzene rings is 3. The molecular weight excluding hydrogens is 422 g/mol. The highest BCUT2D eigenvalue weighted by molar-refractivity contribution is 5.97. The Bertz CT molecular complexity index is 1080. The monoisotopic (exact) mass is 449 g/mol. The fraction of sp³-hybridized carbons (Fsp3) is 0.231. The van der Waals surface area contributed by atoms with E-state index in [2.05, 4.69) is 0 Å². The number of ether oxygens (including phenoxy) is 4. The van der Waals surface area contributed by atoms with E-state index in [9.17, 15) is 9.59 Å². The summed E-state index contributed by atoms with van der Waals surface area (Å²) in [4.78, 5) is 28.1. The second kappa shape index (κ2) is 11.0. The minimum Gasteiger partial charge on any atom is -0.497 e. The molecule has 0 N–H and O–H groups in total. The van der Waals surface area contributed by atoms with Crippen LogP contribution in [0.25, 0.3) is 0 Å². The largest absolute Gasteiger partial charge is 0.497 e. The van der Waals surface area contributed by atoms with Gasteiger partial charge in [0.15, 0.2) is 6.04 Å². The van der Waals surface area contributed by atoms with Gasteiger partial charge in [0.05, 0.1) is 35.0 Å². The third-order valence-corrected chi connectivity index (χ3v) is 5.28. The van der Waals surface area contributed by atoms with Gasteiger partial charge in [-0.05, 0) is 42.0 Å². The predicted molar refractivity (Wildman–Crippen MR) is 124 cm³/mol. The average Bonchev–Trinajstić information content (AvgIpc) is 2.88. The van der Waals surface area contributed by atoms with E-state index in [-0.39, 0.29) is 12.5 Å². The van der Waals surface area contributed by atoms with E-state index in [1.807, 2.05) is 24.3 Å². The molecule has 0 fully saturated rings. The van der Waals surface area contributed by atoms with Crippen molar-refractivity contribution < 1.29 is 28.5 Å². The zero-order valence-electron chi connectivity index (χ0n) is 19.1. The molecule has 3 aromatic rings. The van der Waals surface area contributed by atoms with Crippen molar-refractivity contribution in [2.75, 3.05) is 28.4 Å². The number of carbonyl (C=O) groups excluding carboxylic acids is 2. The van der Waals surface area contributed by atoms with Crippen molar-refractivity contribution in [3.63, 3.8) is 0 Å². The first-order valence-electron chi connectivity index (χ1n) is 10.3. The van der Waals surface area contributed by atoms with Gasteiger partial charge in [-0.3, -0.25) is 4.79 Å². The van der Waals surface area contributed by atoms with Crippen molar-refractivity contribution in [1.82, 2.24) is 4.90 Å². The quantitative estimate of drug-likeness (QED) is 0.454. The molecule has 33 heavy (non-hydrogen) atoms. The second-order valence-electron chi connectivity index (χ2n) is 7.18. The zero-order valence-corrected chi connectivity index (χ0v) is 19.1. The summed E-state index contributed by atoms with van der Waals surface area (Å²) in [5.41, 5.74) is 1.76. The minimum absolute atomic E-state index is 0.104. The Balaban J connectivity index is 2.10. The summed E-state index contributed by atoms with van der Waals surface area (Å²) in [6, 6.07) is 20.2. The molecule has 0 heterocycles. The van der Waals surface area contributed by atoms with Gasteiger partial charge in [-0.2, -0.15) is 0 Å². The van der Waals surface area contributed by atoms with Gasteiger partial charge < -0.3 is 23.8 Å². The first kappa shape index (κ1) is 23.7. The Morgan fingerprint density at radius 3 is 2.00 bits per heavy atom. The first-order valence-corrected chi connectivity index (χ1v) is 10.3. The molecule has 0 aromatic heterocycles. The van der Waals surface area contributed by atoms with Crippen molar-refractivity contribution >= 4 is 11.9 Å². The van der Waals surface area contributed by atoms with Crippen LogP contribution in [0.2, 0.25) is 0 Å². The maximum atomic E-state index is 13.7. The maximum absolute atomic E-state index is 13.7. The summed E-state index contributed by atoms with van der Waals surface area (Å²) in [5.74, 6) is 0.905. The van der Waals surface area contributed by atoms with Gasteiger partial charge in [-0.1, -0.05) is 30.3 Å². The highest BCUT2D eigenvalue weighted by Crippen LogP contribution is 2.31. The van der Waals surface area contributed by atoms with Crippen LogP contribution in [0.15, 0.2) is 72.8 Å². The van der Waals surface area contributed by atoms with E-state index in [1.165, 1.54) is 12.0 Å². The van der Waals surface area contributed by atoms with Gasteiger partial charge >= 0.3 is 5.97 Å². The van der Waals surface area contributed by atoms with Crippen LogP contribution >= 0.6 is 0 Å². The Morgan fingerprint density at radius 2 is 1.42 bits per heavy atom. The molecule has 172 valence electrons. The summed E-state index contributed by atoms with van der Waals surface area (Å²) in [6.07, 6.45) is 0. The van der Waals surface area contributed by atoms with E-state index in [0.717, 1.165) is 0 Å². The van der Waals surface area contributed by atoms with Crippen molar-refractivity contribution in [1.29, 1.82) is 0 Å². The molecule has 0 aliphatic heterocycles. The van der Waals surface area contributed by atoms with Crippen LogP contribution in [0.5, 0.6) is 17.2 Å². The number of carbonyl (C=O) groups is 2. The SMILES string of the molecule is COC(=O)C(c1ccccc1)N(Cc1ccc(OC)cc1OC)C(=O)c1ccc(OC)cc1. The third-order valence-electron chi connectivity index (χ3n) is 5.28. The Hall–Kier alpha value is -4.00. The molecule has 0 spiro atoms. The molecule has 7 nitrogen and oxygen atoms in total. The van der Waals surface area contributed by atoms with Gasteiger partial charge in [0.25, 0.3) is 5.91 Å². The lowest BCUT2D eigenvalue weighted by Crippen LogP contribution is -2.39. The number of esters is 1. The minimum atomic E-state index is -0.961. The predicted octanol–water partition coefficient (Wildman–Crippen LogP) is 4.27. The Kier molecular flexibility index (Phi) is 7.91. The van der Waals surface area contributed by atoms with Crippen LogP contribution in [-0.2, 0) is 16.1 Å². The highest BCUT2D eigenvalue weighted by Gasteiger charge is 2.33. The van der Waals surface area contributed by atoms with Crippen molar-refractivity contribution in [3.8, 4) is 17.2 Å². The standard InChI is InChI=1S/C26H27NO6/c1-30-21-13-10-19(11-14-21)25(28)27(17-20-12-15-22(31-2)16-23(20)32-3)24(26(29)33-4)18-8-6-5-7-9-18/h5-16,24H,17H2,1-4H3. The fourth-order valence-electron chi connectivity index (χ4n) is 3.54. The number of nitrogens with zero attached hydrogens (tertiary/aromatic N) is 1. The summed E-state index contributed by atoms with van der Waals surface area (Å²) in [5, 5.41) is 0. The smallest absolute Gasteiger partial charge is 0.333 e. The molecule has 1 unspecified atom stereocenters. The first-order chi connectivity index (χ1) is 16.0. The maximum Gasteiger partial charge on any atom is 0.333 e. The van der Waals surface area contributed by atoms with Crippen LogP contribution in [0.4, 0.5) is 0 Å². The van der Waals surface area contributed by atoms with E-state index in [0.29, 0.717) is 33.9 Å². The topological polar surface area (TPSA) is 74.3 Å². The molecule has 0 aliphatic carbocycles. The summed E-state index contributed by atoms with van der Waals surface area (Å²) < 4.78 is 21.1. The summed E-state index contributed by atoms with van der Waals surface area (Å²) >= 11 is 0. The van der Waals surface area contributed by atoms with Gasteiger partial charge in [0.2, 0.25) is 0 Å². The number of hydrogen-bond acceptors (Lipinski definition) is 6. The van der Waals surface area contributed by atoms with E-state index >= 15 is 0 Å². The van der Waals surface area contributed by atoms with E-state index in [1.54, 1.807) is 69.9 Å². The molecule has 3 rings (SSSR count). The molecule has 0 bridgehead atoms. The zero-order chi connectivity index (χ0) is 23.8. The van der Waals surface area contributed by atoms with E-state index < -0.39 is 12.0 Å². The molecular formula is C26H27NO6. The number of methoxy groups -OCH3 is 4. The van der Waals surface area contributed by atoms with Gasteiger partial charge in [-0.25, -0.2) is 4.79 Å². The molecule has 1 atom stereocenters. The van der Waals surface area contributed by atoms with Gasteiger partial charge in [0, 0.05) is 17.2 Å². The molecule has 0 radical (unpaired) electrons. The molecule has 1 amide bonds. The number of rotatable bonds is 9. The Morgan fingerprint density at radius 1 is 0.788 bits per heavy atom. The molecule has 0 saturated heterocycles. The van der Waals surface area contributed by atoms with Crippen LogP contribution in [0.3, 0.4) is 0 Å². The number of hydrogen-bond donors (Lipinski definition) is 0. The van der Waals surface area contributed by atoms with Crippen molar-refractivity contribution in [2.45, 2.75) is 12.6 Å². The highest BCUT2D eigenvalue weighted by atomic mass is 16.5. The van der Waals surface area contributed by atoms with Gasteiger partial charge in [0.1, 0.15) is 17.2 Å². The van der Waals surface area contributed by atoms with Crippen LogP contribution < -0.4 is 14.2 Å². The molecule has 3 aromatic carbocycles. The van der Waals surface area contributed by atoms with Gasteiger partial charge in [-0.15, -0.1) is 0 Å². The van der Waals surface area contributed by atoms with Crippen LogP contribution in [0, 0.1) is 0 Å². The van der Waals surface area contributed by atoms with Crippen molar-refractivity contribution in [2.24, 2.45) is 0 Å². The second-order valence-corrected chi connectivity index (χ2v) is 7.18. The lowest BCUT2D eigenvalue weighted by atomic mass is 10.0. The average molecular weight is 450 g/mol. The molecule has 7 heteroatoms. The lowest BCUT2D eigenvalue weighted by molar-refractivity contribution is -0.146. The number of amides is 1. The molecule has 0 aliphatic rings. The van der Waals surface area contributed by atoms with Crippen LogP contribution in [-0.4, -0.2) is 45.2 Å². The Labute approximate surface area is 193 Å². The van der Waals surface area contributed by atoms with E-state index in [4.69, 9.17) is 18.9 Å². The fourth-order valence-corrected chi connectivity index (χ4v) is 3.54.